The molecule has 0 amide bonds. The second-order valence-corrected chi connectivity index (χ2v) is 5.56. The van der Waals surface area contributed by atoms with E-state index >= 15 is 0 Å². The molecule has 0 nitrogen and oxygen atoms in total. The first-order valence-electron chi connectivity index (χ1n) is 2.38. The minimum absolute atomic E-state index is 1.85. The van der Waals surface area contributed by atoms with Gasteiger partial charge in [-0.3, -0.25) is 0 Å². The number of rotatable bonds is 0. The van der Waals surface area contributed by atoms with Gasteiger partial charge < -0.3 is 0 Å². The molecule has 0 aromatic heterocycles. The molecular formula is C4H6Cl6. The average Bonchev–Trinajstić information content (AvgIpc) is 1.66. The topological polar surface area (TPSA) is 0 Å². The molecular weight excluding hydrogens is 261 g/mol. The summed E-state index contributed by atoms with van der Waals surface area (Å²) in [6.07, 6.45) is 0. The van der Waals surface area contributed by atoms with Gasteiger partial charge in [0.15, 0.2) is 0 Å². The van der Waals surface area contributed by atoms with Crippen molar-refractivity contribution in [1.82, 2.24) is 0 Å². The fourth-order valence-corrected chi connectivity index (χ4v) is 0. The van der Waals surface area contributed by atoms with E-state index < -0.39 is 7.59 Å². The Morgan fingerprint density at radius 1 is 0.600 bits per heavy atom. The van der Waals surface area contributed by atoms with E-state index in [4.69, 9.17) is 69.6 Å². The van der Waals surface area contributed by atoms with E-state index in [9.17, 15) is 0 Å². The van der Waals surface area contributed by atoms with Crippen molar-refractivity contribution >= 4 is 69.6 Å². The van der Waals surface area contributed by atoms with Crippen molar-refractivity contribution in [3.8, 4) is 0 Å². The van der Waals surface area contributed by atoms with Crippen molar-refractivity contribution in [2.24, 2.45) is 0 Å². The highest BCUT2D eigenvalue weighted by Crippen LogP contribution is 2.48. The molecule has 0 heterocycles. The third kappa shape index (κ3) is 6.45. The second kappa shape index (κ2) is 5.40. The van der Waals surface area contributed by atoms with Crippen LogP contribution in [0.4, 0.5) is 0 Å². The number of hydrogen-bond acceptors (Lipinski definition) is 0. The maximum Gasteiger partial charge on any atom is 0.236 e. The SMILES string of the molecule is CC.ClC(Cl)(Cl)C(Cl)(Cl)Cl. The molecule has 0 saturated heterocycles. The normalized spacial score (nSPS) is 12.0. The Morgan fingerprint density at radius 3 is 0.700 bits per heavy atom. The largest absolute Gasteiger partial charge is 0.236 e. The summed E-state index contributed by atoms with van der Waals surface area (Å²) in [5.74, 6) is 0. The van der Waals surface area contributed by atoms with Gasteiger partial charge in [0.25, 0.3) is 0 Å². The van der Waals surface area contributed by atoms with Gasteiger partial charge in [0.1, 0.15) is 0 Å². The third-order valence-electron chi connectivity index (χ3n) is 0.321. The van der Waals surface area contributed by atoms with E-state index in [1.165, 1.54) is 0 Å². The van der Waals surface area contributed by atoms with Gasteiger partial charge in [0.05, 0.1) is 0 Å². The standard InChI is InChI=1S/C2Cl6.C2H6/c3-1(4,5)2(6,7)8;1-2/h;1-2H3. The van der Waals surface area contributed by atoms with Gasteiger partial charge in [-0.25, -0.2) is 0 Å². The van der Waals surface area contributed by atoms with Crippen molar-refractivity contribution in [3.05, 3.63) is 0 Å². The maximum atomic E-state index is 5.14. The van der Waals surface area contributed by atoms with Gasteiger partial charge in [-0.15, -0.1) is 0 Å². The van der Waals surface area contributed by atoms with Gasteiger partial charge in [-0.1, -0.05) is 83.5 Å². The minimum Gasteiger partial charge on any atom is -0.0788 e. The lowest BCUT2D eigenvalue weighted by atomic mass is 10.9. The van der Waals surface area contributed by atoms with Crippen LogP contribution in [0.5, 0.6) is 0 Å². The lowest BCUT2D eigenvalue weighted by Gasteiger charge is -2.19. The summed E-state index contributed by atoms with van der Waals surface area (Å²) < 4.78 is -3.70. The van der Waals surface area contributed by atoms with Crippen LogP contribution in [0.1, 0.15) is 13.8 Å². The predicted molar refractivity (Wildman–Crippen MR) is 51.9 cm³/mol. The molecule has 0 fully saturated rings. The van der Waals surface area contributed by atoms with Gasteiger partial charge in [-0.05, 0) is 0 Å². The van der Waals surface area contributed by atoms with Gasteiger partial charge in [0, 0.05) is 0 Å². The van der Waals surface area contributed by atoms with E-state index in [1.54, 1.807) is 0 Å². The second-order valence-electron chi connectivity index (χ2n) is 0.996. The van der Waals surface area contributed by atoms with Crippen molar-refractivity contribution in [2.45, 2.75) is 21.4 Å². The Morgan fingerprint density at radius 2 is 0.700 bits per heavy atom. The molecule has 0 aliphatic carbocycles. The molecule has 0 saturated carbocycles. The van der Waals surface area contributed by atoms with E-state index in [-0.39, 0.29) is 0 Å². The molecule has 0 rings (SSSR count). The summed E-state index contributed by atoms with van der Waals surface area (Å²) in [5.41, 5.74) is 0. The average molecular weight is 267 g/mol. The van der Waals surface area contributed by atoms with Crippen LogP contribution in [0.25, 0.3) is 0 Å². The molecule has 0 atom stereocenters. The number of halogens is 6. The van der Waals surface area contributed by atoms with Crippen molar-refractivity contribution in [3.63, 3.8) is 0 Å². The van der Waals surface area contributed by atoms with Gasteiger partial charge >= 0.3 is 0 Å². The van der Waals surface area contributed by atoms with E-state index in [0.29, 0.717) is 0 Å². The Balaban J connectivity index is 0. The molecule has 0 aromatic rings. The van der Waals surface area contributed by atoms with E-state index in [1.807, 2.05) is 13.8 Å². The van der Waals surface area contributed by atoms with Gasteiger partial charge in [-0.2, -0.15) is 0 Å². The van der Waals surface area contributed by atoms with E-state index in [0.717, 1.165) is 0 Å². The zero-order valence-corrected chi connectivity index (χ0v) is 9.80. The maximum absolute atomic E-state index is 5.14. The van der Waals surface area contributed by atoms with Crippen molar-refractivity contribution < 1.29 is 0 Å². The summed E-state index contributed by atoms with van der Waals surface area (Å²) in [7, 11) is 0. The minimum atomic E-state index is -1.85. The molecule has 0 N–H and O–H groups in total. The highest BCUT2D eigenvalue weighted by atomic mass is 35.6. The molecule has 0 bridgehead atoms. The summed E-state index contributed by atoms with van der Waals surface area (Å²) in [4.78, 5) is 0. The molecule has 6 heteroatoms. The van der Waals surface area contributed by atoms with Crippen LogP contribution in [-0.4, -0.2) is 7.59 Å². The lowest BCUT2D eigenvalue weighted by molar-refractivity contribution is 1.10. The monoisotopic (exact) mass is 264 g/mol. The molecule has 0 aliphatic rings. The lowest BCUT2D eigenvalue weighted by Crippen LogP contribution is -2.23. The van der Waals surface area contributed by atoms with Gasteiger partial charge in [0.2, 0.25) is 7.59 Å². The van der Waals surface area contributed by atoms with Crippen LogP contribution < -0.4 is 0 Å². The number of alkyl halides is 6. The highest BCUT2D eigenvalue weighted by molar-refractivity contribution is 6.83. The van der Waals surface area contributed by atoms with Crippen LogP contribution in [0, 0.1) is 0 Å². The molecule has 10 heavy (non-hydrogen) atoms. The Labute approximate surface area is 90.7 Å². The Kier molecular flexibility index (Phi) is 7.70. The molecule has 0 radical (unpaired) electrons. The van der Waals surface area contributed by atoms with Crippen LogP contribution in [0.3, 0.4) is 0 Å². The fourth-order valence-electron chi connectivity index (χ4n) is 0. The Bertz CT molecular complexity index is 64.7. The zero-order valence-electron chi connectivity index (χ0n) is 5.27. The van der Waals surface area contributed by atoms with Crippen LogP contribution in [0.15, 0.2) is 0 Å². The summed E-state index contributed by atoms with van der Waals surface area (Å²) in [5, 5.41) is 0. The predicted octanol–water partition coefficient (Wildman–Crippen LogP) is 4.75. The summed E-state index contributed by atoms with van der Waals surface area (Å²) in [6.45, 7) is 4.00. The summed E-state index contributed by atoms with van der Waals surface area (Å²) >= 11 is 30.9. The molecule has 0 aliphatic heterocycles. The fraction of sp³-hybridized carbons (Fsp3) is 1.00. The molecule has 0 aromatic carbocycles. The number of hydrogen-bond donors (Lipinski definition) is 0. The smallest absolute Gasteiger partial charge is 0.0788 e. The van der Waals surface area contributed by atoms with Crippen LogP contribution in [0.2, 0.25) is 0 Å². The summed E-state index contributed by atoms with van der Waals surface area (Å²) in [6, 6.07) is 0. The molecule has 0 unspecified atom stereocenters. The first-order chi connectivity index (χ1) is 4.25. The van der Waals surface area contributed by atoms with Crippen LogP contribution in [-0.2, 0) is 0 Å². The van der Waals surface area contributed by atoms with E-state index in [2.05, 4.69) is 0 Å². The highest BCUT2D eigenvalue weighted by Gasteiger charge is 2.43. The first kappa shape index (κ1) is 14.3. The van der Waals surface area contributed by atoms with Crippen molar-refractivity contribution in [1.29, 1.82) is 0 Å². The molecule has 0 spiro atoms. The zero-order chi connectivity index (χ0) is 9.00. The van der Waals surface area contributed by atoms with Crippen LogP contribution >= 0.6 is 69.6 Å². The van der Waals surface area contributed by atoms with Crippen molar-refractivity contribution in [2.75, 3.05) is 0 Å². The quantitative estimate of drug-likeness (QED) is 0.555. The third-order valence-corrected chi connectivity index (χ3v) is 2.89. The first-order valence-corrected chi connectivity index (χ1v) is 4.65. The Hall–Kier alpha value is 1.74. The molecule has 64 valence electrons.